The van der Waals surface area contributed by atoms with Crippen molar-refractivity contribution in [2.75, 3.05) is 5.32 Å². The van der Waals surface area contributed by atoms with Crippen LogP contribution in [-0.4, -0.2) is 10.9 Å². The van der Waals surface area contributed by atoms with Crippen LogP contribution in [-0.2, 0) is 4.79 Å². The van der Waals surface area contributed by atoms with Crippen LogP contribution in [0.1, 0.15) is 37.7 Å². The number of benzene rings is 1. The first kappa shape index (κ1) is 16.5. The van der Waals surface area contributed by atoms with E-state index in [4.69, 9.17) is 41.2 Å². The molecule has 114 valence electrons. The molecule has 0 bridgehead atoms. The molecule has 3 N–H and O–H groups in total. The lowest BCUT2D eigenvalue weighted by Gasteiger charge is -2.34. The highest BCUT2D eigenvalue weighted by Gasteiger charge is 2.42. The molecule has 0 saturated heterocycles. The second-order valence-corrected chi connectivity index (χ2v) is 6.80. The SMILES string of the molecule is Cc1cc(Cl)c(NC(=O)C2(C(N)=S)CCCCC2)cc1Cl. The van der Waals surface area contributed by atoms with E-state index in [1.807, 2.05) is 6.92 Å². The average molecular weight is 345 g/mol. The Kier molecular flexibility index (Phi) is 5.12. The summed E-state index contributed by atoms with van der Waals surface area (Å²) in [5, 5.41) is 3.86. The highest BCUT2D eigenvalue weighted by Crippen LogP contribution is 2.39. The first-order valence-corrected chi connectivity index (χ1v) is 8.10. The van der Waals surface area contributed by atoms with Gasteiger partial charge in [0.15, 0.2) is 0 Å². The number of carbonyl (C=O) groups is 1. The molecule has 1 aromatic rings. The van der Waals surface area contributed by atoms with Crippen molar-refractivity contribution in [1.29, 1.82) is 0 Å². The molecular formula is C15H18Cl2N2OS. The molecule has 0 atom stereocenters. The van der Waals surface area contributed by atoms with Crippen LogP contribution in [0.3, 0.4) is 0 Å². The minimum Gasteiger partial charge on any atom is -0.392 e. The minimum absolute atomic E-state index is 0.184. The molecule has 0 aromatic heterocycles. The van der Waals surface area contributed by atoms with Crippen LogP contribution in [0.15, 0.2) is 12.1 Å². The third-order valence-corrected chi connectivity index (χ3v) is 5.22. The number of aryl methyl sites for hydroxylation is 1. The molecule has 1 fully saturated rings. The lowest BCUT2D eigenvalue weighted by atomic mass is 9.73. The number of amides is 1. The lowest BCUT2D eigenvalue weighted by molar-refractivity contribution is -0.123. The maximum Gasteiger partial charge on any atom is 0.237 e. The van der Waals surface area contributed by atoms with Gasteiger partial charge in [-0.3, -0.25) is 4.79 Å². The molecule has 1 aromatic carbocycles. The maximum absolute atomic E-state index is 12.7. The number of hydrogen-bond acceptors (Lipinski definition) is 2. The molecule has 2 rings (SSSR count). The third-order valence-electron chi connectivity index (χ3n) is 4.11. The number of thiocarbonyl (C=S) groups is 1. The molecular weight excluding hydrogens is 327 g/mol. The van der Waals surface area contributed by atoms with Gasteiger partial charge in [0.2, 0.25) is 5.91 Å². The van der Waals surface area contributed by atoms with Crippen LogP contribution in [0.2, 0.25) is 10.0 Å². The van der Waals surface area contributed by atoms with Gasteiger partial charge < -0.3 is 11.1 Å². The summed E-state index contributed by atoms with van der Waals surface area (Å²) in [4.78, 5) is 13.0. The highest BCUT2D eigenvalue weighted by atomic mass is 35.5. The van der Waals surface area contributed by atoms with Crippen molar-refractivity contribution in [3.8, 4) is 0 Å². The van der Waals surface area contributed by atoms with E-state index in [1.54, 1.807) is 12.1 Å². The van der Waals surface area contributed by atoms with Gasteiger partial charge in [0, 0.05) is 5.02 Å². The summed E-state index contributed by atoms with van der Waals surface area (Å²) < 4.78 is 0. The Bertz CT molecular complexity index is 583. The first-order valence-electron chi connectivity index (χ1n) is 6.94. The molecule has 1 aliphatic carbocycles. The normalized spacial score (nSPS) is 17.3. The van der Waals surface area contributed by atoms with E-state index < -0.39 is 5.41 Å². The summed E-state index contributed by atoms with van der Waals surface area (Å²) in [5.41, 5.74) is 6.45. The second-order valence-electron chi connectivity index (χ2n) is 5.54. The standard InChI is InChI=1S/C15H18Cl2N2OS/c1-9-7-11(17)12(8-10(9)16)19-14(20)15(13(18)21)5-3-2-4-6-15/h7-8H,2-6H2,1H3,(H2,18,21)(H,19,20). The number of anilines is 1. The van der Waals surface area contributed by atoms with E-state index in [-0.39, 0.29) is 10.9 Å². The molecule has 3 nitrogen and oxygen atoms in total. The van der Waals surface area contributed by atoms with Gasteiger partial charge in [-0.05, 0) is 37.5 Å². The number of nitrogens with two attached hydrogens (primary N) is 1. The number of hydrogen-bond donors (Lipinski definition) is 2. The van der Waals surface area contributed by atoms with Crippen molar-refractivity contribution in [2.24, 2.45) is 11.1 Å². The second kappa shape index (κ2) is 6.51. The molecule has 0 spiro atoms. The zero-order valence-electron chi connectivity index (χ0n) is 11.8. The van der Waals surface area contributed by atoms with Crippen molar-refractivity contribution in [3.05, 3.63) is 27.7 Å². The topological polar surface area (TPSA) is 55.1 Å². The van der Waals surface area contributed by atoms with E-state index in [1.165, 1.54) is 0 Å². The number of carbonyl (C=O) groups excluding carboxylic acids is 1. The summed E-state index contributed by atoms with van der Waals surface area (Å²) in [5.74, 6) is -0.184. The average Bonchev–Trinajstić information content (AvgIpc) is 2.45. The van der Waals surface area contributed by atoms with Crippen LogP contribution >= 0.6 is 35.4 Å². The molecule has 1 aliphatic rings. The van der Waals surface area contributed by atoms with Crippen molar-refractivity contribution in [1.82, 2.24) is 0 Å². The van der Waals surface area contributed by atoms with Crippen molar-refractivity contribution in [2.45, 2.75) is 39.0 Å². The van der Waals surface area contributed by atoms with Gasteiger partial charge >= 0.3 is 0 Å². The first-order chi connectivity index (χ1) is 9.86. The van der Waals surface area contributed by atoms with Crippen molar-refractivity contribution < 1.29 is 4.79 Å². The van der Waals surface area contributed by atoms with E-state index in [9.17, 15) is 4.79 Å². The Hall–Kier alpha value is -0.840. The Morgan fingerprint density at radius 3 is 2.43 bits per heavy atom. The minimum atomic E-state index is -0.770. The van der Waals surface area contributed by atoms with Gasteiger partial charge in [0.1, 0.15) is 0 Å². The van der Waals surface area contributed by atoms with Crippen LogP contribution < -0.4 is 11.1 Å². The zero-order valence-corrected chi connectivity index (χ0v) is 14.2. The van der Waals surface area contributed by atoms with Gasteiger partial charge in [0.25, 0.3) is 0 Å². The number of nitrogens with one attached hydrogen (secondary N) is 1. The highest BCUT2D eigenvalue weighted by molar-refractivity contribution is 7.80. The van der Waals surface area contributed by atoms with Gasteiger partial charge in [-0.2, -0.15) is 0 Å². The summed E-state index contributed by atoms with van der Waals surface area (Å²) in [6.45, 7) is 1.86. The summed E-state index contributed by atoms with van der Waals surface area (Å²) >= 11 is 17.4. The van der Waals surface area contributed by atoms with Gasteiger partial charge in [-0.25, -0.2) is 0 Å². The van der Waals surface area contributed by atoms with Crippen molar-refractivity contribution >= 4 is 52.0 Å². The summed E-state index contributed by atoms with van der Waals surface area (Å²) in [7, 11) is 0. The summed E-state index contributed by atoms with van der Waals surface area (Å²) in [6, 6.07) is 3.39. The van der Waals surface area contributed by atoms with Crippen molar-refractivity contribution in [3.63, 3.8) is 0 Å². The molecule has 0 heterocycles. The fourth-order valence-corrected chi connectivity index (χ4v) is 3.45. The maximum atomic E-state index is 12.7. The predicted octanol–water partition coefficient (Wildman–Crippen LogP) is 4.48. The van der Waals surface area contributed by atoms with E-state index in [0.29, 0.717) is 28.6 Å². The lowest BCUT2D eigenvalue weighted by Crippen LogP contribution is -2.47. The van der Waals surface area contributed by atoms with Gasteiger partial charge in [-0.1, -0.05) is 54.7 Å². The third kappa shape index (κ3) is 3.33. The van der Waals surface area contributed by atoms with E-state index >= 15 is 0 Å². The van der Waals surface area contributed by atoms with E-state index in [2.05, 4.69) is 5.32 Å². The molecule has 0 unspecified atom stereocenters. The molecule has 21 heavy (non-hydrogen) atoms. The fourth-order valence-electron chi connectivity index (χ4n) is 2.72. The number of rotatable bonds is 3. The molecule has 0 aliphatic heterocycles. The van der Waals surface area contributed by atoms with Crippen LogP contribution in [0.25, 0.3) is 0 Å². The molecule has 6 heteroatoms. The van der Waals surface area contributed by atoms with Crippen LogP contribution in [0, 0.1) is 12.3 Å². The van der Waals surface area contributed by atoms with Gasteiger partial charge in [-0.15, -0.1) is 0 Å². The van der Waals surface area contributed by atoms with Gasteiger partial charge in [0.05, 0.1) is 21.1 Å². The molecule has 0 radical (unpaired) electrons. The number of halogens is 2. The molecule has 1 amide bonds. The Balaban J connectivity index is 2.27. The Morgan fingerprint density at radius 1 is 1.24 bits per heavy atom. The monoisotopic (exact) mass is 344 g/mol. The smallest absolute Gasteiger partial charge is 0.237 e. The molecule has 1 saturated carbocycles. The van der Waals surface area contributed by atoms with E-state index in [0.717, 1.165) is 24.8 Å². The summed E-state index contributed by atoms with van der Waals surface area (Å²) in [6.07, 6.45) is 4.38. The zero-order chi connectivity index (χ0) is 15.6. The van der Waals surface area contributed by atoms with Crippen LogP contribution in [0.5, 0.6) is 0 Å². The fraction of sp³-hybridized carbons (Fsp3) is 0.467. The Morgan fingerprint density at radius 2 is 1.86 bits per heavy atom. The predicted molar refractivity (Wildman–Crippen MR) is 92.1 cm³/mol. The largest absolute Gasteiger partial charge is 0.392 e. The quantitative estimate of drug-likeness (QED) is 0.795. The van der Waals surface area contributed by atoms with Crippen LogP contribution in [0.4, 0.5) is 5.69 Å². The Labute approximate surface area is 140 Å².